The molecule has 4 nitrogen and oxygen atoms in total. The fourth-order valence-corrected chi connectivity index (χ4v) is 3.06. The van der Waals surface area contributed by atoms with E-state index in [0.29, 0.717) is 5.56 Å². The van der Waals surface area contributed by atoms with Crippen LogP contribution in [0.5, 0.6) is 0 Å². The second-order valence-corrected chi connectivity index (χ2v) is 6.68. The number of nitrogens with zero attached hydrogens (tertiary/aromatic N) is 1. The monoisotopic (exact) mass is 397 g/mol. The number of aliphatic carboxylic acids is 1. The lowest BCUT2D eigenvalue weighted by Gasteiger charge is -2.27. The molecule has 0 aromatic heterocycles. The fraction of sp³-hybridized carbons (Fsp3) is 0.529. The zero-order chi connectivity index (χ0) is 20.6. The lowest BCUT2D eigenvalue weighted by Crippen LogP contribution is -2.47. The van der Waals surface area contributed by atoms with Crippen LogP contribution >= 0.6 is 0 Å². The van der Waals surface area contributed by atoms with Crippen molar-refractivity contribution in [1.82, 2.24) is 4.90 Å². The predicted molar refractivity (Wildman–Crippen MR) is 81.8 cm³/mol. The Morgan fingerprint density at radius 2 is 1.70 bits per heavy atom. The van der Waals surface area contributed by atoms with Gasteiger partial charge in [0, 0.05) is 19.5 Å². The van der Waals surface area contributed by atoms with Gasteiger partial charge in [0.2, 0.25) is 5.91 Å². The van der Waals surface area contributed by atoms with Crippen molar-refractivity contribution in [2.75, 3.05) is 13.1 Å². The van der Waals surface area contributed by atoms with Crippen molar-refractivity contribution in [3.8, 4) is 0 Å². The normalized spacial score (nSPS) is 22.0. The molecule has 2 unspecified atom stereocenters. The van der Waals surface area contributed by atoms with Crippen LogP contribution in [0.15, 0.2) is 24.3 Å². The quantitative estimate of drug-likeness (QED) is 0.780. The van der Waals surface area contributed by atoms with Crippen LogP contribution in [0, 0.1) is 5.41 Å². The van der Waals surface area contributed by atoms with Crippen LogP contribution in [-0.2, 0) is 15.8 Å². The van der Waals surface area contributed by atoms with E-state index in [2.05, 4.69) is 0 Å². The smallest absolute Gasteiger partial charge is 0.416 e. The number of amides is 1. The molecule has 1 aliphatic rings. The molecule has 2 rings (SSSR count). The molecule has 0 radical (unpaired) electrons. The summed E-state index contributed by atoms with van der Waals surface area (Å²) in [6.07, 6.45) is -10.5. The molecule has 2 atom stereocenters. The van der Waals surface area contributed by atoms with Gasteiger partial charge >= 0.3 is 18.3 Å². The summed E-state index contributed by atoms with van der Waals surface area (Å²) in [6.45, 7) is 0.250. The summed E-state index contributed by atoms with van der Waals surface area (Å²) < 4.78 is 77.2. The topological polar surface area (TPSA) is 57.6 Å². The average Bonchev–Trinajstić information content (AvgIpc) is 3.01. The number of carbonyl (C=O) groups is 2. The summed E-state index contributed by atoms with van der Waals surface area (Å²) in [6, 6.07) is 4.15. The maximum atomic E-state index is 13.2. The van der Waals surface area contributed by atoms with Crippen molar-refractivity contribution >= 4 is 11.9 Å². The van der Waals surface area contributed by atoms with Crippen LogP contribution in [-0.4, -0.2) is 41.1 Å². The first kappa shape index (κ1) is 21.0. The van der Waals surface area contributed by atoms with Crippen LogP contribution in [0.2, 0.25) is 0 Å². The summed E-state index contributed by atoms with van der Waals surface area (Å²) >= 11 is 0. The van der Waals surface area contributed by atoms with E-state index in [1.54, 1.807) is 6.92 Å². The van der Waals surface area contributed by atoms with Gasteiger partial charge in [0.1, 0.15) is 0 Å². The van der Waals surface area contributed by atoms with Gasteiger partial charge in [-0.05, 0) is 30.0 Å². The Kier molecular flexibility index (Phi) is 5.49. The Morgan fingerprint density at radius 3 is 2.11 bits per heavy atom. The van der Waals surface area contributed by atoms with Crippen LogP contribution in [0.3, 0.4) is 0 Å². The van der Waals surface area contributed by atoms with E-state index in [0.717, 1.165) is 17.0 Å². The number of carboxylic acids is 1. The number of carboxylic acid groups (broad SMARTS) is 1. The summed E-state index contributed by atoms with van der Waals surface area (Å²) in [5, 5.41) is 9.00. The Bertz CT molecular complexity index is 713. The van der Waals surface area contributed by atoms with Gasteiger partial charge in [-0.1, -0.05) is 19.1 Å². The molecule has 1 saturated heterocycles. The minimum atomic E-state index is -4.99. The molecule has 27 heavy (non-hydrogen) atoms. The van der Waals surface area contributed by atoms with E-state index in [-0.39, 0.29) is 13.0 Å². The highest BCUT2D eigenvalue weighted by molar-refractivity contribution is 5.81. The van der Waals surface area contributed by atoms with E-state index in [9.17, 15) is 35.9 Å². The van der Waals surface area contributed by atoms with Gasteiger partial charge in [-0.3, -0.25) is 9.59 Å². The molecular formula is C17H17F6NO3. The third-order valence-electron chi connectivity index (χ3n) is 4.86. The lowest BCUT2D eigenvalue weighted by atomic mass is 9.86. The van der Waals surface area contributed by atoms with Gasteiger partial charge in [-0.25, -0.2) is 0 Å². The van der Waals surface area contributed by atoms with Crippen molar-refractivity contribution in [3.63, 3.8) is 0 Å². The standard InChI is InChI=1S/C17H17F6NO3/c1-10(11-2-4-12(5-3-11)16(18,19)20)8-13(25)24-7-6-15(9-24,14(26)27)17(21,22)23/h2-5,10H,6-9H2,1H3,(H,26,27). The third kappa shape index (κ3) is 4.19. The molecule has 1 amide bonds. The summed E-state index contributed by atoms with van der Waals surface area (Å²) in [5.74, 6) is -3.23. The van der Waals surface area contributed by atoms with E-state index < -0.39 is 54.1 Å². The molecule has 1 aromatic rings. The molecule has 1 aromatic carbocycles. The second-order valence-electron chi connectivity index (χ2n) is 6.68. The highest BCUT2D eigenvalue weighted by Gasteiger charge is 2.64. The molecule has 0 aliphatic carbocycles. The second kappa shape index (κ2) is 7.05. The molecule has 1 fully saturated rings. The van der Waals surface area contributed by atoms with Crippen molar-refractivity contribution in [2.24, 2.45) is 5.41 Å². The number of rotatable bonds is 4. The van der Waals surface area contributed by atoms with Gasteiger partial charge < -0.3 is 10.0 Å². The Hall–Kier alpha value is -2.26. The minimum Gasteiger partial charge on any atom is -0.481 e. The van der Waals surface area contributed by atoms with Gasteiger partial charge in [-0.2, -0.15) is 26.3 Å². The summed E-state index contributed by atoms with van der Waals surface area (Å²) in [4.78, 5) is 24.3. The van der Waals surface area contributed by atoms with Crippen molar-refractivity contribution in [3.05, 3.63) is 35.4 Å². The number of hydrogen-bond acceptors (Lipinski definition) is 2. The first-order valence-electron chi connectivity index (χ1n) is 8.03. The number of hydrogen-bond donors (Lipinski definition) is 1. The highest BCUT2D eigenvalue weighted by Crippen LogP contribution is 2.46. The molecule has 0 saturated carbocycles. The SMILES string of the molecule is CC(CC(=O)N1CCC(C(=O)O)(C(F)(F)F)C1)c1ccc(C(F)(F)F)cc1. The van der Waals surface area contributed by atoms with Gasteiger partial charge in [0.25, 0.3) is 0 Å². The molecule has 0 spiro atoms. The molecule has 10 heteroatoms. The van der Waals surface area contributed by atoms with Crippen molar-refractivity contribution < 1.29 is 41.0 Å². The maximum absolute atomic E-state index is 13.2. The zero-order valence-electron chi connectivity index (χ0n) is 14.2. The van der Waals surface area contributed by atoms with E-state index in [1.807, 2.05) is 0 Å². The number of carbonyl (C=O) groups excluding carboxylic acids is 1. The number of likely N-dealkylation sites (tertiary alicyclic amines) is 1. The Labute approximate surface area is 150 Å². The number of halogens is 6. The summed E-state index contributed by atoms with van der Waals surface area (Å²) in [7, 11) is 0. The van der Waals surface area contributed by atoms with E-state index in [4.69, 9.17) is 5.11 Å². The summed E-state index contributed by atoms with van der Waals surface area (Å²) in [5.41, 5.74) is -3.41. The van der Waals surface area contributed by atoms with Crippen LogP contribution in [0.4, 0.5) is 26.3 Å². The Morgan fingerprint density at radius 1 is 1.15 bits per heavy atom. The van der Waals surface area contributed by atoms with Crippen LogP contribution in [0.25, 0.3) is 0 Å². The first-order chi connectivity index (χ1) is 12.3. The van der Waals surface area contributed by atoms with E-state index >= 15 is 0 Å². The van der Waals surface area contributed by atoms with Gasteiger partial charge in [0.05, 0.1) is 5.56 Å². The van der Waals surface area contributed by atoms with Gasteiger partial charge in [0.15, 0.2) is 5.41 Å². The molecule has 0 bridgehead atoms. The number of benzene rings is 1. The van der Waals surface area contributed by atoms with Crippen molar-refractivity contribution in [1.29, 1.82) is 0 Å². The third-order valence-corrected chi connectivity index (χ3v) is 4.86. The average molecular weight is 397 g/mol. The molecule has 1 heterocycles. The highest BCUT2D eigenvalue weighted by atomic mass is 19.4. The Balaban J connectivity index is 2.06. The van der Waals surface area contributed by atoms with Crippen LogP contribution < -0.4 is 0 Å². The maximum Gasteiger partial charge on any atom is 0.416 e. The number of alkyl halides is 6. The largest absolute Gasteiger partial charge is 0.481 e. The predicted octanol–water partition coefficient (Wildman–Crippen LogP) is 4.06. The molecule has 1 N–H and O–H groups in total. The molecule has 1 aliphatic heterocycles. The molecule has 150 valence electrons. The van der Waals surface area contributed by atoms with Gasteiger partial charge in [-0.15, -0.1) is 0 Å². The molecular weight excluding hydrogens is 380 g/mol. The van der Waals surface area contributed by atoms with Crippen LogP contribution in [0.1, 0.15) is 36.8 Å². The minimum absolute atomic E-state index is 0.237. The fourth-order valence-electron chi connectivity index (χ4n) is 3.06. The van der Waals surface area contributed by atoms with Crippen molar-refractivity contribution in [2.45, 2.75) is 38.0 Å². The zero-order valence-corrected chi connectivity index (χ0v) is 14.2. The first-order valence-corrected chi connectivity index (χ1v) is 8.03. The van der Waals surface area contributed by atoms with E-state index in [1.165, 1.54) is 12.1 Å². The lowest BCUT2D eigenvalue weighted by molar-refractivity contribution is -0.227.